The van der Waals surface area contributed by atoms with Crippen LogP contribution in [0.5, 0.6) is 5.75 Å². The molecular formula is C14H19NO2. The van der Waals surface area contributed by atoms with Crippen LogP contribution in [0.25, 0.3) is 10.9 Å². The molecule has 0 saturated heterocycles. The third kappa shape index (κ3) is 2.44. The van der Waals surface area contributed by atoms with Gasteiger partial charge in [-0.3, -0.25) is 0 Å². The molecule has 2 rings (SSSR count). The van der Waals surface area contributed by atoms with Crippen LogP contribution in [-0.4, -0.2) is 15.8 Å². The lowest BCUT2D eigenvalue weighted by Crippen LogP contribution is -2.01. The summed E-state index contributed by atoms with van der Waals surface area (Å²) in [6, 6.07) is 5.48. The van der Waals surface area contributed by atoms with E-state index in [1.807, 2.05) is 19.9 Å². The number of aromatic nitrogens is 1. The van der Waals surface area contributed by atoms with Gasteiger partial charge in [0.1, 0.15) is 5.75 Å². The maximum atomic E-state index is 9.56. The first-order chi connectivity index (χ1) is 8.11. The van der Waals surface area contributed by atoms with Crippen LogP contribution in [0, 0.1) is 0 Å². The number of benzene rings is 1. The molecule has 0 atom stereocenters. The first-order valence-electron chi connectivity index (χ1n) is 6.04. The molecule has 0 bridgehead atoms. The van der Waals surface area contributed by atoms with Crippen molar-refractivity contribution in [3.05, 3.63) is 30.0 Å². The SMILES string of the molecule is CCn1cc(COC(C)C)c2cc(O)ccc21. The number of nitrogens with zero attached hydrogens (tertiary/aromatic N) is 1. The molecular weight excluding hydrogens is 214 g/mol. The van der Waals surface area contributed by atoms with Crippen molar-refractivity contribution in [2.45, 2.75) is 40.0 Å². The predicted molar refractivity (Wildman–Crippen MR) is 69.2 cm³/mol. The van der Waals surface area contributed by atoms with E-state index in [1.165, 1.54) is 0 Å². The standard InChI is InChI=1S/C14H19NO2/c1-4-15-8-11(9-17-10(2)3)13-7-12(16)5-6-14(13)15/h5-8,10,16H,4,9H2,1-3H3. The van der Waals surface area contributed by atoms with E-state index in [1.54, 1.807) is 12.1 Å². The number of phenolic OH excluding ortho intramolecular Hbond substituents is 1. The molecule has 2 aromatic rings. The lowest BCUT2D eigenvalue weighted by molar-refractivity contribution is 0.0663. The van der Waals surface area contributed by atoms with Gasteiger partial charge in [0, 0.05) is 29.2 Å². The van der Waals surface area contributed by atoms with Gasteiger partial charge in [-0.05, 0) is 39.0 Å². The summed E-state index contributed by atoms with van der Waals surface area (Å²) >= 11 is 0. The van der Waals surface area contributed by atoms with Gasteiger partial charge in [0.05, 0.1) is 12.7 Å². The molecule has 0 fully saturated rings. The van der Waals surface area contributed by atoms with Crippen molar-refractivity contribution in [3.63, 3.8) is 0 Å². The Morgan fingerprint density at radius 1 is 1.35 bits per heavy atom. The van der Waals surface area contributed by atoms with Gasteiger partial charge in [0.25, 0.3) is 0 Å². The van der Waals surface area contributed by atoms with E-state index in [0.29, 0.717) is 12.4 Å². The van der Waals surface area contributed by atoms with E-state index in [2.05, 4.69) is 17.7 Å². The average molecular weight is 233 g/mol. The number of aryl methyl sites for hydroxylation is 1. The smallest absolute Gasteiger partial charge is 0.116 e. The molecule has 0 aliphatic heterocycles. The van der Waals surface area contributed by atoms with Gasteiger partial charge < -0.3 is 14.4 Å². The number of rotatable bonds is 4. The second-order valence-corrected chi connectivity index (χ2v) is 4.50. The minimum absolute atomic E-state index is 0.215. The third-order valence-electron chi connectivity index (χ3n) is 2.86. The minimum Gasteiger partial charge on any atom is -0.508 e. The van der Waals surface area contributed by atoms with E-state index < -0.39 is 0 Å². The van der Waals surface area contributed by atoms with Gasteiger partial charge in [-0.25, -0.2) is 0 Å². The lowest BCUT2D eigenvalue weighted by Gasteiger charge is -2.06. The summed E-state index contributed by atoms with van der Waals surface area (Å²) in [7, 11) is 0. The Kier molecular flexibility index (Phi) is 3.38. The van der Waals surface area contributed by atoms with Crippen LogP contribution in [0.15, 0.2) is 24.4 Å². The van der Waals surface area contributed by atoms with Crippen LogP contribution >= 0.6 is 0 Å². The highest BCUT2D eigenvalue weighted by Gasteiger charge is 2.09. The molecule has 92 valence electrons. The van der Waals surface area contributed by atoms with E-state index in [0.717, 1.165) is 23.0 Å². The first-order valence-corrected chi connectivity index (χ1v) is 6.04. The van der Waals surface area contributed by atoms with Gasteiger partial charge >= 0.3 is 0 Å². The predicted octanol–water partition coefficient (Wildman–Crippen LogP) is 3.29. The molecule has 0 radical (unpaired) electrons. The van der Waals surface area contributed by atoms with Crippen molar-refractivity contribution in [2.75, 3.05) is 0 Å². The van der Waals surface area contributed by atoms with Crippen LogP contribution in [0.2, 0.25) is 0 Å². The first kappa shape index (κ1) is 12.0. The molecule has 0 amide bonds. The van der Waals surface area contributed by atoms with Crippen LogP contribution in [0.3, 0.4) is 0 Å². The summed E-state index contributed by atoms with van der Waals surface area (Å²) < 4.78 is 7.81. The highest BCUT2D eigenvalue weighted by Crippen LogP contribution is 2.26. The summed E-state index contributed by atoms with van der Waals surface area (Å²) in [6.45, 7) is 7.67. The minimum atomic E-state index is 0.215. The van der Waals surface area contributed by atoms with Crippen molar-refractivity contribution in [1.29, 1.82) is 0 Å². The topological polar surface area (TPSA) is 34.4 Å². The highest BCUT2D eigenvalue weighted by molar-refractivity contribution is 5.85. The second kappa shape index (κ2) is 4.80. The molecule has 1 N–H and O–H groups in total. The zero-order valence-electron chi connectivity index (χ0n) is 10.6. The van der Waals surface area contributed by atoms with Crippen molar-refractivity contribution in [3.8, 4) is 5.75 Å². The molecule has 0 spiro atoms. The average Bonchev–Trinajstić information content (AvgIpc) is 2.63. The number of fused-ring (bicyclic) bond motifs is 1. The van der Waals surface area contributed by atoms with Gasteiger partial charge in [0.15, 0.2) is 0 Å². The summed E-state index contributed by atoms with van der Waals surface area (Å²) in [4.78, 5) is 0. The monoisotopic (exact) mass is 233 g/mol. The Morgan fingerprint density at radius 2 is 2.12 bits per heavy atom. The highest BCUT2D eigenvalue weighted by atomic mass is 16.5. The molecule has 1 heterocycles. The third-order valence-corrected chi connectivity index (χ3v) is 2.86. The second-order valence-electron chi connectivity index (χ2n) is 4.50. The Balaban J connectivity index is 2.43. The molecule has 0 saturated carbocycles. The van der Waals surface area contributed by atoms with E-state index >= 15 is 0 Å². The number of ether oxygens (including phenoxy) is 1. The van der Waals surface area contributed by atoms with Crippen molar-refractivity contribution >= 4 is 10.9 Å². The van der Waals surface area contributed by atoms with Gasteiger partial charge in [-0.1, -0.05) is 0 Å². The largest absolute Gasteiger partial charge is 0.508 e. The molecule has 0 unspecified atom stereocenters. The number of aromatic hydroxyl groups is 1. The summed E-state index contributed by atoms with van der Waals surface area (Å²) in [5.74, 6) is 0.303. The molecule has 0 aliphatic rings. The molecule has 1 aromatic carbocycles. The molecule has 3 nitrogen and oxygen atoms in total. The van der Waals surface area contributed by atoms with Crippen molar-refractivity contribution in [1.82, 2.24) is 4.57 Å². The van der Waals surface area contributed by atoms with Gasteiger partial charge in [0.2, 0.25) is 0 Å². The van der Waals surface area contributed by atoms with E-state index in [9.17, 15) is 5.11 Å². The van der Waals surface area contributed by atoms with Crippen molar-refractivity contribution in [2.24, 2.45) is 0 Å². The quantitative estimate of drug-likeness (QED) is 0.879. The molecule has 3 heteroatoms. The zero-order valence-corrected chi connectivity index (χ0v) is 10.6. The van der Waals surface area contributed by atoms with Gasteiger partial charge in [-0.15, -0.1) is 0 Å². The van der Waals surface area contributed by atoms with Crippen molar-refractivity contribution < 1.29 is 9.84 Å². The number of phenols is 1. The maximum Gasteiger partial charge on any atom is 0.116 e. The Bertz CT molecular complexity index is 514. The Labute approximate surface area is 102 Å². The molecule has 0 aliphatic carbocycles. The van der Waals surface area contributed by atoms with E-state index in [-0.39, 0.29) is 6.10 Å². The van der Waals surface area contributed by atoms with Crippen LogP contribution in [0.4, 0.5) is 0 Å². The normalized spacial score (nSPS) is 11.5. The fourth-order valence-corrected chi connectivity index (χ4v) is 1.99. The maximum absolute atomic E-state index is 9.56. The lowest BCUT2D eigenvalue weighted by atomic mass is 10.2. The fraction of sp³-hybridized carbons (Fsp3) is 0.429. The van der Waals surface area contributed by atoms with Crippen LogP contribution in [0.1, 0.15) is 26.3 Å². The van der Waals surface area contributed by atoms with Gasteiger partial charge in [-0.2, -0.15) is 0 Å². The Hall–Kier alpha value is -1.48. The summed E-state index contributed by atoms with van der Waals surface area (Å²) in [5.41, 5.74) is 2.28. The van der Waals surface area contributed by atoms with E-state index in [4.69, 9.17) is 4.74 Å². The molecule has 1 aromatic heterocycles. The number of hydrogen-bond acceptors (Lipinski definition) is 2. The molecule has 17 heavy (non-hydrogen) atoms. The van der Waals surface area contributed by atoms with Crippen LogP contribution in [-0.2, 0) is 17.9 Å². The summed E-state index contributed by atoms with van der Waals surface area (Å²) in [5, 5.41) is 10.6. The van der Waals surface area contributed by atoms with Crippen LogP contribution < -0.4 is 0 Å². The Morgan fingerprint density at radius 3 is 2.76 bits per heavy atom. The zero-order chi connectivity index (χ0) is 12.4. The summed E-state index contributed by atoms with van der Waals surface area (Å²) in [6.07, 6.45) is 2.32. The fourth-order valence-electron chi connectivity index (χ4n) is 1.99. The number of hydrogen-bond donors (Lipinski definition) is 1.